The third-order valence-corrected chi connectivity index (χ3v) is 8.98. The van der Waals surface area contributed by atoms with E-state index >= 15 is 0 Å². The third-order valence-electron chi connectivity index (χ3n) is 8.98. The van der Waals surface area contributed by atoms with E-state index in [-0.39, 0.29) is 35.5 Å². The molecule has 3 fully saturated rings. The van der Waals surface area contributed by atoms with E-state index in [1.807, 2.05) is 48.2 Å². The molecule has 4 heterocycles. The van der Waals surface area contributed by atoms with E-state index in [4.69, 9.17) is 9.72 Å². The van der Waals surface area contributed by atoms with Gasteiger partial charge in [-0.3, -0.25) is 4.79 Å². The van der Waals surface area contributed by atoms with E-state index in [1.165, 1.54) is 0 Å². The SMILES string of the molecule is CCOc1ccccc1-c1ccc(N2CCN(C(=O)N3CCC[C@@H]3C(C)(C)C)C[C@H]2CC)c(C(=O)N[C@@H]2CCNC2)n1. The van der Waals surface area contributed by atoms with Gasteiger partial charge in [0.15, 0.2) is 5.69 Å². The van der Waals surface area contributed by atoms with Crippen molar-refractivity contribution in [3.63, 3.8) is 0 Å². The van der Waals surface area contributed by atoms with Crippen LogP contribution < -0.4 is 20.3 Å². The average Bonchev–Trinajstić information content (AvgIpc) is 3.69. The van der Waals surface area contributed by atoms with Crippen LogP contribution in [-0.2, 0) is 0 Å². The first-order valence-electron chi connectivity index (χ1n) is 15.8. The molecule has 3 amide bonds. The zero-order valence-corrected chi connectivity index (χ0v) is 26.0. The molecule has 2 N–H and O–H groups in total. The lowest BCUT2D eigenvalue weighted by molar-refractivity contribution is 0.0933. The Kier molecular flexibility index (Phi) is 9.25. The summed E-state index contributed by atoms with van der Waals surface area (Å²) < 4.78 is 5.88. The second kappa shape index (κ2) is 12.9. The maximum absolute atomic E-state index is 13.8. The minimum atomic E-state index is -0.159. The highest BCUT2D eigenvalue weighted by molar-refractivity contribution is 5.99. The van der Waals surface area contributed by atoms with Gasteiger partial charge in [0.2, 0.25) is 0 Å². The molecule has 2 aromatic rings. The maximum Gasteiger partial charge on any atom is 0.320 e. The number of ether oxygens (including phenoxy) is 1. The summed E-state index contributed by atoms with van der Waals surface area (Å²) in [5.41, 5.74) is 2.88. The number of benzene rings is 1. The molecule has 3 saturated heterocycles. The molecule has 42 heavy (non-hydrogen) atoms. The first kappa shape index (κ1) is 30.1. The molecule has 5 rings (SSSR count). The number of aromatic nitrogens is 1. The number of anilines is 1. The summed E-state index contributed by atoms with van der Waals surface area (Å²) >= 11 is 0. The topological polar surface area (TPSA) is 90.0 Å². The predicted octanol–water partition coefficient (Wildman–Crippen LogP) is 4.77. The fourth-order valence-corrected chi connectivity index (χ4v) is 6.77. The van der Waals surface area contributed by atoms with Crippen molar-refractivity contribution < 1.29 is 14.3 Å². The molecule has 1 aromatic heterocycles. The Morgan fingerprint density at radius 1 is 1.07 bits per heavy atom. The van der Waals surface area contributed by atoms with Crippen molar-refractivity contribution in [2.24, 2.45) is 5.41 Å². The Morgan fingerprint density at radius 2 is 1.88 bits per heavy atom. The molecule has 3 aliphatic rings. The Bertz CT molecular complexity index is 1250. The number of carbonyl (C=O) groups is 2. The lowest BCUT2D eigenvalue weighted by atomic mass is 9.85. The van der Waals surface area contributed by atoms with Crippen LogP contribution in [0, 0.1) is 5.41 Å². The number of amides is 3. The number of carbonyl (C=O) groups excluding carboxylic acids is 2. The third kappa shape index (κ3) is 6.36. The van der Waals surface area contributed by atoms with Crippen LogP contribution >= 0.6 is 0 Å². The van der Waals surface area contributed by atoms with Crippen molar-refractivity contribution in [2.75, 3.05) is 50.8 Å². The summed E-state index contributed by atoms with van der Waals surface area (Å²) in [5.74, 6) is 0.591. The van der Waals surface area contributed by atoms with Gasteiger partial charge < -0.3 is 30.1 Å². The van der Waals surface area contributed by atoms with Gasteiger partial charge in [0.25, 0.3) is 5.91 Å². The quantitative estimate of drug-likeness (QED) is 0.494. The van der Waals surface area contributed by atoms with Crippen LogP contribution in [0.3, 0.4) is 0 Å². The number of hydrogen-bond acceptors (Lipinski definition) is 6. The summed E-state index contributed by atoms with van der Waals surface area (Å²) in [5, 5.41) is 6.55. The Morgan fingerprint density at radius 3 is 2.60 bits per heavy atom. The van der Waals surface area contributed by atoms with E-state index < -0.39 is 0 Å². The summed E-state index contributed by atoms with van der Waals surface area (Å²) in [6.45, 7) is 15.7. The minimum Gasteiger partial charge on any atom is -0.493 e. The highest BCUT2D eigenvalue weighted by Crippen LogP contribution is 2.35. The van der Waals surface area contributed by atoms with E-state index in [1.54, 1.807) is 0 Å². The molecule has 9 heteroatoms. The van der Waals surface area contributed by atoms with E-state index in [2.05, 4.69) is 48.1 Å². The van der Waals surface area contributed by atoms with Crippen molar-refractivity contribution in [3.05, 3.63) is 42.1 Å². The largest absolute Gasteiger partial charge is 0.493 e. The van der Waals surface area contributed by atoms with Crippen LogP contribution in [-0.4, -0.2) is 90.7 Å². The van der Waals surface area contributed by atoms with Crippen molar-refractivity contribution in [1.82, 2.24) is 25.4 Å². The highest BCUT2D eigenvalue weighted by Gasteiger charge is 2.40. The second-order valence-electron chi connectivity index (χ2n) is 12.9. The molecule has 0 aliphatic carbocycles. The summed E-state index contributed by atoms with van der Waals surface area (Å²) in [6.07, 6.45) is 3.88. The summed E-state index contributed by atoms with van der Waals surface area (Å²) in [4.78, 5) is 39.0. The number of pyridine rings is 1. The minimum absolute atomic E-state index is 0.0590. The number of likely N-dealkylation sites (tertiary alicyclic amines) is 1. The molecule has 0 bridgehead atoms. The number of hydrogen-bond donors (Lipinski definition) is 2. The zero-order chi connectivity index (χ0) is 29.9. The first-order chi connectivity index (χ1) is 20.2. The van der Waals surface area contributed by atoms with E-state index in [0.717, 1.165) is 62.3 Å². The standard InChI is InChI=1S/C33H48N6O3/c1-6-24-22-37(32(41)39-18-10-13-29(39)33(3,4)5)19-20-38(24)27-15-14-26(25-11-8-9-12-28(25)42-7-2)36-30(27)31(40)35-23-16-17-34-21-23/h8-9,11-12,14-15,23-24,29,34H,6-7,10,13,16-22H2,1-5H3,(H,35,40)/t23-,24-,29-/m1/s1. The Balaban J connectivity index is 1.43. The van der Waals surface area contributed by atoms with E-state index in [9.17, 15) is 9.59 Å². The van der Waals surface area contributed by atoms with Crippen LogP contribution in [0.4, 0.5) is 10.5 Å². The Labute approximate surface area is 251 Å². The van der Waals surface area contributed by atoms with Crippen molar-refractivity contribution >= 4 is 17.6 Å². The van der Waals surface area contributed by atoms with E-state index in [0.29, 0.717) is 37.6 Å². The first-order valence-corrected chi connectivity index (χ1v) is 15.8. The number of nitrogens with one attached hydrogen (secondary N) is 2. The molecule has 0 unspecified atom stereocenters. The van der Waals surface area contributed by atoms with Crippen LogP contribution in [0.1, 0.15) is 70.8 Å². The average molecular weight is 577 g/mol. The smallest absolute Gasteiger partial charge is 0.320 e. The number of rotatable bonds is 7. The fraction of sp³-hybridized carbons (Fsp3) is 0.606. The van der Waals surface area contributed by atoms with Gasteiger partial charge in [-0.15, -0.1) is 0 Å². The number of para-hydroxylation sites is 1. The zero-order valence-electron chi connectivity index (χ0n) is 26.0. The van der Waals surface area contributed by atoms with Gasteiger partial charge >= 0.3 is 6.03 Å². The molecule has 228 valence electrons. The van der Waals surface area contributed by atoms with Crippen LogP contribution in [0.2, 0.25) is 0 Å². The summed E-state index contributed by atoms with van der Waals surface area (Å²) in [7, 11) is 0. The molecular weight excluding hydrogens is 528 g/mol. The van der Waals surface area contributed by atoms with Gasteiger partial charge in [0.05, 0.1) is 18.0 Å². The number of nitrogens with zero attached hydrogens (tertiary/aromatic N) is 4. The lowest BCUT2D eigenvalue weighted by Gasteiger charge is -2.45. The predicted molar refractivity (Wildman–Crippen MR) is 167 cm³/mol. The molecular formula is C33H48N6O3. The molecule has 1 aromatic carbocycles. The van der Waals surface area contributed by atoms with Crippen LogP contribution in [0.15, 0.2) is 36.4 Å². The van der Waals surface area contributed by atoms with Crippen LogP contribution in [0.5, 0.6) is 5.75 Å². The highest BCUT2D eigenvalue weighted by atomic mass is 16.5. The molecule has 0 radical (unpaired) electrons. The summed E-state index contributed by atoms with van der Waals surface area (Å²) in [6, 6.07) is 12.4. The molecule has 3 aliphatic heterocycles. The molecule has 0 saturated carbocycles. The molecule has 3 atom stereocenters. The van der Waals surface area contributed by atoms with Gasteiger partial charge in [-0.25, -0.2) is 9.78 Å². The number of piperazine rings is 1. The molecule has 0 spiro atoms. The number of urea groups is 1. The normalized spacial score (nSPS) is 22.9. The van der Waals surface area contributed by atoms with Gasteiger partial charge in [-0.2, -0.15) is 0 Å². The van der Waals surface area contributed by atoms with Gasteiger partial charge in [-0.1, -0.05) is 39.8 Å². The van der Waals surface area contributed by atoms with Gasteiger partial charge in [-0.05, 0) is 68.8 Å². The van der Waals surface area contributed by atoms with Gasteiger partial charge in [0.1, 0.15) is 5.75 Å². The lowest BCUT2D eigenvalue weighted by Crippen LogP contribution is -2.59. The Hall–Kier alpha value is -3.33. The fourth-order valence-electron chi connectivity index (χ4n) is 6.77. The maximum atomic E-state index is 13.8. The van der Waals surface area contributed by atoms with Crippen molar-refractivity contribution in [2.45, 2.75) is 78.4 Å². The monoisotopic (exact) mass is 576 g/mol. The van der Waals surface area contributed by atoms with Crippen LogP contribution in [0.25, 0.3) is 11.3 Å². The van der Waals surface area contributed by atoms with Gasteiger partial charge in [0, 0.05) is 56.4 Å². The van der Waals surface area contributed by atoms with Crippen molar-refractivity contribution in [1.29, 1.82) is 0 Å². The molecule has 9 nitrogen and oxygen atoms in total. The second-order valence-corrected chi connectivity index (χ2v) is 12.9. The van der Waals surface area contributed by atoms with Crippen molar-refractivity contribution in [3.8, 4) is 17.0 Å².